The highest BCUT2D eigenvalue weighted by molar-refractivity contribution is 7.53. The van der Waals surface area contributed by atoms with Crippen LogP contribution < -0.4 is 0 Å². The van der Waals surface area contributed by atoms with Gasteiger partial charge in [-0.25, -0.2) is 0 Å². The molecule has 1 unspecified atom stereocenters. The molecule has 0 saturated heterocycles. The standard InChI is InChI=1S/C28H56NO4P/c1-5-6-7-8-9-10-11-12-13-14-15-16-17-18-19-20-21-22-23-24-25-26-28(30,34(31,32)33)27-29(2,3)4/h9-10,13-14,30H,5-8,11-12,15-27H2,1-4H3,(H-,31,32,33)/p+1/b10-9-,14-13-. The van der Waals surface area contributed by atoms with E-state index < -0.39 is 12.9 Å². The van der Waals surface area contributed by atoms with E-state index in [1.165, 1.54) is 89.9 Å². The molecule has 6 heteroatoms. The van der Waals surface area contributed by atoms with E-state index in [9.17, 15) is 19.5 Å². The monoisotopic (exact) mass is 502 g/mol. The molecule has 5 nitrogen and oxygen atoms in total. The van der Waals surface area contributed by atoms with Crippen LogP contribution in [0.1, 0.15) is 122 Å². The molecule has 0 amide bonds. The van der Waals surface area contributed by atoms with E-state index >= 15 is 0 Å². The molecule has 0 aromatic carbocycles. The van der Waals surface area contributed by atoms with Crippen LogP contribution in [0.25, 0.3) is 0 Å². The SMILES string of the molecule is CCCCC/C=C\CC/C=C\CCCCCCCCCCCCC(O)(C[N+](C)(C)C)P(=O)(O)O. The third kappa shape index (κ3) is 19.8. The molecule has 0 aliphatic carbocycles. The highest BCUT2D eigenvalue weighted by atomic mass is 31.2. The van der Waals surface area contributed by atoms with Crippen molar-refractivity contribution in [3.8, 4) is 0 Å². The molecule has 1 atom stereocenters. The summed E-state index contributed by atoms with van der Waals surface area (Å²) in [6.07, 6.45) is 29.8. The van der Waals surface area contributed by atoms with E-state index in [1.54, 1.807) is 0 Å². The number of quaternary nitrogens is 1. The fraction of sp³-hybridized carbons (Fsp3) is 0.857. The summed E-state index contributed by atoms with van der Waals surface area (Å²) in [5.74, 6) is 0. The molecule has 0 saturated carbocycles. The van der Waals surface area contributed by atoms with E-state index in [0.29, 0.717) is 10.9 Å². The highest BCUT2D eigenvalue weighted by Crippen LogP contribution is 2.52. The van der Waals surface area contributed by atoms with Crippen molar-refractivity contribution in [2.24, 2.45) is 0 Å². The summed E-state index contributed by atoms with van der Waals surface area (Å²) < 4.78 is 12.1. The lowest BCUT2D eigenvalue weighted by molar-refractivity contribution is -0.875. The van der Waals surface area contributed by atoms with E-state index in [-0.39, 0.29) is 13.0 Å². The fourth-order valence-corrected chi connectivity index (χ4v) is 5.39. The maximum atomic E-state index is 11.8. The van der Waals surface area contributed by atoms with Gasteiger partial charge in [0.25, 0.3) is 0 Å². The Labute approximate surface area is 211 Å². The number of hydrogen-bond acceptors (Lipinski definition) is 2. The molecule has 0 rings (SSSR count). The van der Waals surface area contributed by atoms with E-state index in [2.05, 4.69) is 31.2 Å². The highest BCUT2D eigenvalue weighted by Gasteiger charge is 2.48. The number of unbranched alkanes of at least 4 members (excludes halogenated alkanes) is 14. The van der Waals surface area contributed by atoms with Crippen LogP contribution in [-0.2, 0) is 4.57 Å². The van der Waals surface area contributed by atoms with Gasteiger partial charge in [0.15, 0.2) is 0 Å². The Morgan fingerprint density at radius 3 is 1.44 bits per heavy atom. The first-order valence-electron chi connectivity index (χ1n) is 13.9. The number of nitrogens with zero attached hydrogens (tertiary/aromatic N) is 1. The predicted molar refractivity (Wildman–Crippen MR) is 147 cm³/mol. The van der Waals surface area contributed by atoms with Crippen molar-refractivity contribution < 1.29 is 23.9 Å². The number of rotatable bonds is 23. The van der Waals surface area contributed by atoms with Gasteiger partial charge in [-0.15, -0.1) is 0 Å². The zero-order chi connectivity index (χ0) is 25.8. The molecule has 0 aromatic rings. The first-order valence-corrected chi connectivity index (χ1v) is 15.5. The number of aliphatic hydroxyl groups is 1. The van der Waals surface area contributed by atoms with Crippen molar-refractivity contribution >= 4 is 7.60 Å². The molecule has 0 aliphatic rings. The third-order valence-electron chi connectivity index (χ3n) is 6.28. The Balaban J connectivity index is 3.58. The second-order valence-corrected chi connectivity index (χ2v) is 13.0. The van der Waals surface area contributed by atoms with Gasteiger partial charge in [-0.1, -0.05) is 95.4 Å². The Bertz CT molecular complexity index is 579. The largest absolute Gasteiger partial charge is 0.373 e. The summed E-state index contributed by atoms with van der Waals surface area (Å²) in [4.78, 5) is 19.2. The summed E-state index contributed by atoms with van der Waals surface area (Å²) in [5.41, 5.74) is 0. The molecule has 0 radical (unpaired) electrons. The molecule has 202 valence electrons. The van der Waals surface area contributed by atoms with E-state index in [0.717, 1.165) is 12.8 Å². The van der Waals surface area contributed by atoms with Crippen molar-refractivity contribution in [2.75, 3.05) is 27.7 Å². The van der Waals surface area contributed by atoms with Crippen molar-refractivity contribution in [3.63, 3.8) is 0 Å². The van der Waals surface area contributed by atoms with Gasteiger partial charge in [0.2, 0.25) is 5.34 Å². The van der Waals surface area contributed by atoms with Crippen LogP contribution in [0.15, 0.2) is 24.3 Å². The normalized spacial score (nSPS) is 14.9. The number of hydrogen-bond donors (Lipinski definition) is 3. The smallest absolute Gasteiger partial charge is 0.362 e. The number of likely N-dealkylation sites (N-methyl/N-ethyl adjacent to an activating group) is 1. The Hall–Kier alpha value is -0.450. The average Bonchev–Trinajstić information content (AvgIpc) is 2.73. The Morgan fingerprint density at radius 1 is 0.647 bits per heavy atom. The third-order valence-corrected chi connectivity index (χ3v) is 7.72. The molecule has 0 aromatic heterocycles. The summed E-state index contributed by atoms with van der Waals surface area (Å²) in [5, 5.41) is 8.65. The van der Waals surface area contributed by atoms with Crippen LogP contribution in [0.5, 0.6) is 0 Å². The predicted octanol–water partition coefficient (Wildman–Crippen LogP) is 7.71. The van der Waals surface area contributed by atoms with Crippen molar-refractivity contribution in [1.82, 2.24) is 0 Å². The summed E-state index contributed by atoms with van der Waals surface area (Å²) in [6, 6.07) is 0. The van der Waals surface area contributed by atoms with Crippen LogP contribution in [-0.4, -0.2) is 52.4 Å². The van der Waals surface area contributed by atoms with Gasteiger partial charge in [-0.05, 0) is 51.4 Å². The molecule has 0 fully saturated rings. The maximum Gasteiger partial charge on any atom is 0.362 e. The zero-order valence-electron chi connectivity index (χ0n) is 22.9. The molecule has 3 N–H and O–H groups in total. The van der Waals surface area contributed by atoms with Gasteiger partial charge in [-0.2, -0.15) is 0 Å². The van der Waals surface area contributed by atoms with Gasteiger partial charge in [0.05, 0.1) is 21.1 Å². The number of allylic oxidation sites excluding steroid dienone is 4. The lowest BCUT2D eigenvalue weighted by Gasteiger charge is -2.35. The summed E-state index contributed by atoms with van der Waals surface area (Å²) in [6.45, 7) is 2.31. The molecular weight excluding hydrogens is 445 g/mol. The Morgan fingerprint density at radius 2 is 1.03 bits per heavy atom. The van der Waals surface area contributed by atoms with Crippen LogP contribution in [0.2, 0.25) is 0 Å². The fourth-order valence-electron chi connectivity index (χ4n) is 4.34. The van der Waals surface area contributed by atoms with Gasteiger partial charge < -0.3 is 19.4 Å². The first-order chi connectivity index (χ1) is 16.0. The lowest BCUT2D eigenvalue weighted by Crippen LogP contribution is -2.49. The van der Waals surface area contributed by atoms with Gasteiger partial charge in [-0.3, -0.25) is 4.57 Å². The van der Waals surface area contributed by atoms with Crippen LogP contribution in [0.4, 0.5) is 0 Å². The molecular formula is C28H57NO4P+. The average molecular weight is 503 g/mol. The second kappa shape index (κ2) is 19.7. The minimum Gasteiger partial charge on any atom is -0.373 e. The van der Waals surface area contributed by atoms with Crippen molar-refractivity contribution in [3.05, 3.63) is 24.3 Å². The summed E-state index contributed by atoms with van der Waals surface area (Å²) in [7, 11) is 0.974. The minimum atomic E-state index is -4.55. The van der Waals surface area contributed by atoms with Gasteiger partial charge in [0, 0.05) is 0 Å². The van der Waals surface area contributed by atoms with E-state index in [4.69, 9.17) is 0 Å². The molecule has 34 heavy (non-hydrogen) atoms. The van der Waals surface area contributed by atoms with E-state index in [1.807, 2.05) is 21.1 Å². The minimum absolute atomic E-state index is 0.0591. The topological polar surface area (TPSA) is 77.8 Å². The van der Waals surface area contributed by atoms with Crippen LogP contribution in [0, 0.1) is 0 Å². The van der Waals surface area contributed by atoms with Crippen molar-refractivity contribution in [2.45, 2.75) is 128 Å². The van der Waals surface area contributed by atoms with Crippen LogP contribution in [0.3, 0.4) is 0 Å². The Kier molecular flexibility index (Phi) is 19.4. The molecule has 0 spiro atoms. The van der Waals surface area contributed by atoms with Gasteiger partial charge >= 0.3 is 7.60 Å². The van der Waals surface area contributed by atoms with Crippen LogP contribution >= 0.6 is 7.60 Å². The lowest BCUT2D eigenvalue weighted by atomic mass is 10.0. The molecule has 0 aliphatic heterocycles. The molecule has 0 bridgehead atoms. The molecule has 0 heterocycles. The summed E-state index contributed by atoms with van der Waals surface area (Å²) >= 11 is 0. The zero-order valence-corrected chi connectivity index (χ0v) is 23.8. The first kappa shape index (κ1) is 33.5. The van der Waals surface area contributed by atoms with Gasteiger partial charge in [0.1, 0.15) is 6.54 Å². The second-order valence-electron chi connectivity index (χ2n) is 11.1. The van der Waals surface area contributed by atoms with Crippen molar-refractivity contribution in [1.29, 1.82) is 0 Å². The quantitative estimate of drug-likeness (QED) is 0.0578. The maximum absolute atomic E-state index is 11.8.